The summed E-state index contributed by atoms with van der Waals surface area (Å²) < 4.78 is 1.08. The average molecular weight is 239 g/mol. The van der Waals surface area contributed by atoms with Crippen LogP contribution in [0, 0.1) is 6.92 Å². The van der Waals surface area contributed by atoms with E-state index in [0.717, 1.165) is 23.6 Å². The largest absolute Gasteiger partial charge is 0.302 e. The third kappa shape index (κ3) is 1.44. The minimum atomic E-state index is -0.134. The molecule has 1 aromatic carbocycles. The van der Waals surface area contributed by atoms with E-state index in [2.05, 4.69) is 35.0 Å². The summed E-state index contributed by atoms with van der Waals surface area (Å²) in [7, 11) is 0. The van der Waals surface area contributed by atoms with Crippen molar-refractivity contribution in [2.75, 3.05) is 0 Å². The zero-order valence-corrected chi connectivity index (χ0v) is 9.10. The van der Waals surface area contributed by atoms with Gasteiger partial charge in [0.25, 0.3) is 0 Å². The zero-order chi connectivity index (χ0) is 9.47. The first-order valence-corrected chi connectivity index (χ1v) is 5.20. The van der Waals surface area contributed by atoms with Crippen molar-refractivity contribution in [3.05, 3.63) is 33.8 Å². The molecule has 0 unspecified atom stereocenters. The normalized spacial score (nSPS) is 18.3. The monoisotopic (exact) mass is 238 g/mol. The molecule has 0 aromatic heterocycles. The van der Waals surface area contributed by atoms with Gasteiger partial charge in [0, 0.05) is 4.47 Å². The molecular weight excluding hydrogens is 228 g/mol. The van der Waals surface area contributed by atoms with E-state index in [0.29, 0.717) is 0 Å². The third-order valence-corrected chi connectivity index (χ3v) is 3.23. The lowest BCUT2D eigenvalue weighted by Crippen LogP contribution is -2.09. The summed E-state index contributed by atoms with van der Waals surface area (Å²) in [6.07, 6.45) is 3.13. The summed E-state index contributed by atoms with van der Waals surface area (Å²) in [5, 5.41) is 0. The van der Waals surface area contributed by atoms with E-state index in [4.69, 9.17) is 0 Å². The molecule has 1 aliphatic carbocycles. The number of hydrogen-bond donors (Lipinski definition) is 0. The van der Waals surface area contributed by atoms with Gasteiger partial charge in [-0.1, -0.05) is 22.0 Å². The van der Waals surface area contributed by atoms with Gasteiger partial charge in [-0.2, -0.15) is 0 Å². The molecule has 68 valence electrons. The van der Waals surface area contributed by atoms with E-state index in [1.165, 1.54) is 11.1 Å². The Bertz CT molecular complexity index is 353. The summed E-state index contributed by atoms with van der Waals surface area (Å²) >= 11 is 3.42. The molecule has 0 spiro atoms. The summed E-state index contributed by atoms with van der Waals surface area (Å²) in [5.74, 6) is 0. The van der Waals surface area contributed by atoms with Gasteiger partial charge in [-0.3, -0.25) is 0 Å². The Labute approximate surface area is 86.3 Å². The molecular formula is C11H11BrO. The number of carbonyl (C=O) groups is 1. The summed E-state index contributed by atoms with van der Waals surface area (Å²) in [6, 6.07) is 6.13. The highest BCUT2D eigenvalue weighted by atomic mass is 79.9. The van der Waals surface area contributed by atoms with Crippen LogP contribution in [0.1, 0.15) is 24.0 Å². The third-order valence-electron chi connectivity index (χ3n) is 2.74. The number of aldehydes is 1. The van der Waals surface area contributed by atoms with Gasteiger partial charge < -0.3 is 4.79 Å². The number of benzene rings is 1. The number of aryl methyl sites for hydroxylation is 1. The Morgan fingerprint density at radius 2 is 2.15 bits per heavy atom. The Morgan fingerprint density at radius 1 is 1.46 bits per heavy atom. The van der Waals surface area contributed by atoms with Crippen molar-refractivity contribution in [2.45, 2.75) is 25.2 Å². The molecule has 1 fully saturated rings. The molecule has 0 radical (unpaired) electrons. The van der Waals surface area contributed by atoms with Crippen LogP contribution in [0.4, 0.5) is 0 Å². The topological polar surface area (TPSA) is 17.1 Å². The maximum atomic E-state index is 10.9. The number of halogens is 1. The van der Waals surface area contributed by atoms with Crippen LogP contribution in [0.3, 0.4) is 0 Å². The number of rotatable bonds is 2. The van der Waals surface area contributed by atoms with E-state index >= 15 is 0 Å². The summed E-state index contributed by atoms with van der Waals surface area (Å²) in [5.41, 5.74) is 2.27. The van der Waals surface area contributed by atoms with Crippen molar-refractivity contribution in [3.8, 4) is 0 Å². The van der Waals surface area contributed by atoms with Crippen molar-refractivity contribution in [3.63, 3.8) is 0 Å². The fourth-order valence-corrected chi connectivity index (χ4v) is 2.25. The van der Waals surface area contributed by atoms with E-state index < -0.39 is 0 Å². The molecule has 2 rings (SSSR count). The van der Waals surface area contributed by atoms with Crippen LogP contribution in [-0.2, 0) is 10.2 Å². The van der Waals surface area contributed by atoms with Crippen molar-refractivity contribution in [2.24, 2.45) is 0 Å². The highest BCUT2D eigenvalue weighted by Crippen LogP contribution is 2.47. The second-order valence-electron chi connectivity index (χ2n) is 3.73. The molecule has 1 aromatic rings. The summed E-state index contributed by atoms with van der Waals surface area (Å²) in [4.78, 5) is 10.9. The van der Waals surface area contributed by atoms with Crippen molar-refractivity contribution < 1.29 is 4.79 Å². The molecule has 0 N–H and O–H groups in total. The quantitative estimate of drug-likeness (QED) is 0.725. The first-order chi connectivity index (χ1) is 6.18. The molecule has 0 amide bonds. The second-order valence-corrected chi connectivity index (χ2v) is 4.65. The van der Waals surface area contributed by atoms with E-state index in [-0.39, 0.29) is 5.41 Å². The Balaban J connectivity index is 2.47. The fraction of sp³-hybridized carbons (Fsp3) is 0.364. The van der Waals surface area contributed by atoms with Gasteiger partial charge in [0.15, 0.2) is 0 Å². The standard InChI is InChI=1S/C11H11BrO/c1-8-6-9(12)2-3-10(8)11(7-13)4-5-11/h2-3,6-7H,4-5H2,1H3. The van der Waals surface area contributed by atoms with Crippen molar-refractivity contribution in [1.82, 2.24) is 0 Å². The molecule has 1 saturated carbocycles. The Kier molecular flexibility index (Phi) is 2.03. The van der Waals surface area contributed by atoms with Crippen LogP contribution >= 0.6 is 15.9 Å². The Morgan fingerprint density at radius 3 is 2.62 bits per heavy atom. The molecule has 0 aliphatic heterocycles. The van der Waals surface area contributed by atoms with E-state index in [9.17, 15) is 4.79 Å². The lowest BCUT2D eigenvalue weighted by Gasteiger charge is -2.11. The Hall–Kier alpha value is -0.630. The molecule has 13 heavy (non-hydrogen) atoms. The maximum Gasteiger partial charge on any atom is 0.130 e. The first kappa shape index (κ1) is 8.95. The minimum absolute atomic E-state index is 0.134. The molecule has 0 atom stereocenters. The predicted octanol–water partition coefficient (Wildman–Crippen LogP) is 2.99. The molecule has 0 saturated heterocycles. The van der Waals surface area contributed by atoms with Gasteiger partial charge in [0.1, 0.15) is 6.29 Å². The lowest BCUT2D eigenvalue weighted by molar-refractivity contribution is -0.109. The number of hydrogen-bond acceptors (Lipinski definition) is 1. The van der Waals surface area contributed by atoms with Gasteiger partial charge in [0.2, 0.25) is 0 Å². The van der Waals surface area contributed by atoms with Gasteiger partial charge in [-0.25, -0.2) is 0 Å². The molecule has 1 nitrogen and oxygen atoms in total. The molecule has 1 aliphatic rings. The molecule has 2 heteroatoms. The van der Waals surface area contributed by atoms with E-state index in [1.807, 2.05) is 6.07 Å². The van der Waals surface area contributed by atoms with Gasteiger partial charge in [0.05, 0.1) is 5.41 Å². The van der Waals surface area contributed by atoms with Gasteiger partial charge in [-0.05, 0) is 43.0 Å². The van der Waals surface area contributed by atoms with Crippen LogP contribution < -0.4 is 0 Å². The molecule has 0 heterocycles. The van der Waals surface area contributed by atoms with Crippen LogP contribution in [0.2, 0.25) is 0 Å². The maximum absolute atomic E-state index is 10.9. The van der Waals surface area contributed by atoms with Crippen LogP contribution in [0.5, 0.6) is 0 Å². The highest BCUT2D eigenvalue weighted by molar-refractivity contribution is 9.10. The summed E-state index contributed by atoms with van der Waals surface area (Å²) in [6.45, 7) is 2.06. The van der Waals surface area contributed by atoms with Crippen LogP contribution in [-0.4, -0.2) is 6.29 Å². The first-order valence-electron chi connectivity index (χ1n) is 4.41. The van der Waals surface area contributed by atoms with Gasteiger partial charge in [-0.15, -0.1) is 0 Å². The SMILES string of the molecule is Cc1cc(Br)ccc1C1(C=O)CC1. The van der Waals surface area contributed by atoms with E-state index in [1.54, 1.807) is 0 Å². The predicted molar refractivity (Wildman–Crippen MR) is 55.9 cm³/mol. The van der Waals surface area contributed by atoms with Gasteiger partial charge >= 0.3 is 0 Å². The average Bonchev–Trinajstić information content (AvgIpc) is 2.85. The fourth-order valence-electron chi connectivity index (χ4n) is 1.77. The van der Waals surface area contributed by atoms with Crippen LogP contribution in [0.25, 0.3) is 0 Å². The smallest absolute Gasteiger partial charge is 0.130 e. The van der Waals surface area contributed by atoms with Crippen molar-refractivity contribution >= 4 is 22.2 Å². The second kappa shape index (κ2) is 2.95. The van der Waals surface area contributed by atoms with Crippen molar-refractivity contribution in [1.29, 1.82) is 0 Å². The zero-order valence-electron chi connectivity index (χ0n) is 7.51. The molecule has 0 bridgehead atoms. The minimum Gasteiger partial charge on any atom is -0.302 e. The lowest BCUT2D eigenvalue weighted by atomic mass is 9.93. The van der Waals surface area contributed by atoms with Crippen LogP contribution in [0.15, 0.2) is 22.7 Å². The number of carbonyl (C=O) groups excluding carboxylic acids is 1. The highest BCUT2D eigenvalue weighted by Gasteiger charge is 2.44.